The SMILES string of the molecule is C=CCOC(=O)NCCCC[C@H](NC(=O)CCCCN=C(N)N)C(=O)CC[C@H](NC(=O)[C@@H]1CCCN1S(=O)(=O)c1ccccc1)C(=O)O.NC(N)=NCCCCC(=O)N[C@@H](CCCCNC(=S)Nc1ccc(C2c3ccc(O)cc3OC3=CC(=O)C=CC32)c(C(=O)O)c1)C(=O)CC[C@H](NC(=O)[C@@H]1CCCN1S(=O)(=O)c1ccccc1)C(=O)O. The molecule has 4 aromatic carbocycles. The topological polar surface area (TPSA) is 575 Å². The fourth-order valence-corrected chi connectivity index (χ4v) is 17.2. The molecule has 638 valence electrons. The Kier molecular flexibility index (Phi) is 36.7. The van der Waals surface area contributed by atoms with E-state index in [2.05, 4.69) is 53.8 Å². The van der Waals surface area contributed by atoms with Crippen LogP contribution in [0, 0.1) is 5.92 Å². The van der Waals surface area contributed by atoms with Crippen molar-refractivity contribution in [2.24, 2.45) is 38.8 Å². The summed E-state index contributed by atoms with van der Waals surface area (Å²) in [5.41, 5.74) is 22.8. The van der Waals surface area contributed by atoms with Gasteiger partial charge in [0.15, 0.2) is 34.4 Å². The Morgan fingerprint density at radius 2 is 1.09 bits per heavy atom. The highest BCUT2D eigenvalue weighted by Crippen LogP contribution is 2.49. The van der Waals surface area contributed by atoms with Crippen LogP contribution in [-0.4, -0.2) is 210 Å². The number of phenols is 1. The number of thiocarbonyl (C=S) groups is 1. The molecule has 0 bridgehead atoms. The van der Waals surface area contributed by atoms with Gasteiger partial charge in [-0.3, -0.25) is 43.5 Å². The van der Waals surface area contributed by atoms with Crippen LogP contribution in [0.3, 0.4) is 0 Å². The maximum Gasteiger partial charge on any atom is 0.407 e. The number of guanidine groups is 2. The van der Waals surface area contributed by atoms with Crippen molar-refractivity contribution in [1.29, 1.82) is 0 Å². The number of aromatic hydroxyl groups is 1. The quantitative estimate of drug-likeness (QED) is 0.00970. The first-order valence-electron chi connectivity index (χ1n) is 38.6. The van der Waals surface area contributed by atoms with E-state index in [0.29, 0.717) is 112 Å². The van der Waals surface area contributed by atoms with E-state index >= 15 is 0 Å². The number of rotatable bonds is 45. The number of nitrogens with zero attached hydrogens (tertiary/aromatic N) is 4. The number of carbonyl (C=O) groups is 11. The number of nitrogens with two attached hydrogens (primary N) is 4. The summed E-state index contributed by atoms with van der Waals surface area (Å²) in [5.74, 6) is -8.15. The summed E-state index contributed by atoms with van der Waals surface area (Å²) in [7, 11) is -8.04. The Bertz CT molecular complexity index is 4620. The number of carboxylic acid groups (broad SMARTS) is 3. The van der Waals surface area contributed by atoms with Gasteiger partial charge in [-0.15, -0.1) is 0 Å². The molecule has 2 fully saturated rings. The van der Waals surface area contributed by atoms with Crippen molar-refractivity contribution in [3.63, 3.8) is 0 Å². The fraction of sp³-hybridized carbons (Fsp3) is 0.443. The number of phenolic OH excluding ortho intramolecular Hbond substituents is 1. The number of hydrogen-bond acceptors (Lipinski definition) is 21. The lowest BCUT2D eigenvalue weighted by molar-refractivity contribution is -0.143. The summed E-state index contributed by atoms with van der Waals surface area (Å²) in [5, 5.41) is 59.5. The zero-order valence-corrected chi connectivity index (χ0v) is 67.5. The molecule has 8 rings (SSSR count). The number of sulfonamides is 2. The molecule has 0 aromatic heterocycles. The van der Waals surface area contributed by atoms with Crippen molar-refractivity contribution >= 4 is 120 Å². The Morgan fingerprint density at radius 1 is 0.602 bits per heavy atom. The molecule has 3 heterocycles. The minimum absolute atomic E-state index is 0.00266. The van der Waals surface area contributed by atoms with E-state index in [1.54, 1.807) is 60.7 Å². The Balaban J connectivity index is 0.000000351. The van der Waals surface area contributed by atoms with Crippen LogP contribution in [0.15, 0.2) is 153 Å². The smallest absolute Gasteiger partial charge is 0.407 e. The van der Waals surface area contributed by atoms with Crippen LogP contribution in [0.4, 0.5) is 10.5 Å². The maximum absolute atomic E-state index is 13.7. The van der Waals surface area contributed by atoms with Crippen LogP contribution in [-0.2, 0) is 67.9 Å². The summed E-state index contributed by atoms with van der Waals surface area (Å²) in [6.45, 7) is 4.94. The van der Waals surface area contributed by atoms with Gasteiger partial charge in [-0.2, -0.15) is 8.61 Å². The molecule has 2 unspecified atom stereocenters. The molecule has 5 amide bonds. The Hall–Kier alpha value is -11.7. The minimum atomic E-state index is -4.05. The third-order valence-corrected chi connectivity index (χ3v) is 23.7. The van der Waals surface area contributed by atoms with Gasteiger partial charge in [0.2, 0.25) is 43.7 Å². The molecule has 4 aliphatic rings. The number of benzene rings is 4. The van der Waals surface area contributed by atoms with Crippen LogP contribution in [0.25, 0.3) is 0 Å². The number of ether oxygens (including phenoxy) is 2. The number of amides is 5. The molecule has 0 radical (unpaired) electrons. The number of unbranched alkanes of at least 4 members (excludes halogenated alkanes) is 4. The lowest BCUT2D eigenvalue weighted by Gasteiger charge is -2.35. The summed E-state index contributed by atoms with van der Waals surface area (Å²) >= 11 is 5.52. The van der Waals surface area contributed by atoms with Crippen LogP contribution in [0.2, 0.25) is 0 Å². The van der Waals surface area contributed by atoms with E-state index < -0.39 is 121 Å². The van der Waals surface area contributed by atoms with E-state index in [1.165, 1.54) is 60.7 Å². The number of fused-ring (bicyclic) bond motifs is 2. The molecule has 2 saturated heterocycles. The van der Waals surface area contributed by atoms with Gasteiger partial charge in [0.1, 0.15) is 48.0 Å². The number of aliphatic carboxylic acids is 2. The van der Waals surface area contributed by atoms with Crippen LogP contribution >= 0.6 is 12.2 Å². The molecular formula is C79H103N15O21S3. The van der Waals surface area contributed by atoms with Crippen LogP contribution in [0.5, 0.6) is 11.5 Å². The highest BCUT2D eigenvalue weighted by molar-refractivity contribution is 7.89. The summed E-state index contributed by atoms with van der Waals surface area (Å²) < 4.78 is 66.0. The lowest BCUT2D eigenvalue weighted by Crippen LogP contribution is -2.51. The predicted molar refractivity (Wildman–Crippen MR) is 438 cm³/mol. The number of aliphatic imine (C=N–C) groups is 2. The standard InChI is InChI=1S/C48H56N8O12S2.C31H47N7O9S/c49-47(50)51-22-7-5-13-42(60)54-36(39(59)21-20-37(46(64)65)55-44(61)38-12-8-24-56(38)70(66,67)31-9-2-1-3-10-31)11-4-6-23-52-48(69)53-28-14-17-32(35(25-28)45(62)63)43-33-18-15-29(57)26-40(33)68-41-27-30(58)16-19-34(41)43;1-2-21-47-31(44)35-19-8-6-13-23(36-27(40)15-7-9-18-34-30(32)33)26(39)17-16-24(29(42)43)37-28(41)25-14-10-20-38(25)48(45,46)22-11-4-3-5-12-22/h1-3,9-10,14-19,25-27,33,36-38,43,58H,4-8,11-13,20-24H2,(H,54,60)(H,55,61)(H,62,63)(H,64,65)(H4,49,50,51)(H2,52,53,69);2-5,11-12,23-25H,1,6-10,13-21H2,(H,35,44)(H,36,40)(H,37,41)(H,42,43)(H4,32,33,34)/t33?,36-,37-,38-,43?;23-,24-,25-/m00/s1. The molecule has 19 N–H and O–H groups in total. The number of allylic oxidation sites excluding steroid dienone is 3. The van der Waals surface area contributed by atoms with Gasteiger partial charge in [-0.25, -0.2) is 36.0 Å². The molecular weight excluding hydrogens is 1590 g/mol. The number of ketones is 3. The van der Waals surface area contributed by atoms with Gasteiger partial charge < -0.3 is 90.1 Å². The zero-order chi connectivity index (χ0) is 86.1. The van der Waals surface area contributed by atoms with E-state index in [1.807, 2.05) is 0 Å². The minimum Gasteiger partial charge on any atom is -0.508 e. The Labute approximate surface area is 688 Å². The first kappa shape index (κ1) is 93.5. The predicted octanol–water partition coefficient (Wildman–Crippen LogP) is 4.18. The van der Waals surface area contributed by atoms with Crippen molar-refractivity contribution in [1.82, 2.24) is 40.5 Å². The average Bonchev–Trinajstić information content (AvgIpc) is 1.39. The molecule has 118 heavy (non-hydrogen) atoms. The highest BCUT2D eigenvalue weighted by Gasteiger charge is 2.44. The number of carboxylic acids is 3. The first-order chi connectivity index (χ1) is 56.3. The summed E-state index contributed by atoms with van der Waals surface area (Å²) in [6, 6.07) is 17.4. The molecule has 0 saturated carbocycles. The second kappa shape index (κ2) is 46.3. The normalized spacial score (nSPS) is 17.2. The number of anilines is 1. The van der Waals surface area contributed by atoms with Crippen molar-refractivity contribution < 1.29 is 99.5 Å². The number of nitrogens with one attached hydrogen (secondary N) is 7. The molecule has 1 aliphatic carbocycles. The van der Waals surface area contributed by atoms with Crippen LogP contribution in [0.1, 0.15) is 156 Å². The van der Waals surface area contributed by atoms with Gasteiger partial charge in [-0.1, -0.05) is 67.3 Å². The number of carbonyl (C=O) groups excluding carboxylic acids is 8. The first-order valence-corrected chi connectivity index (χ1v) is 41.9. The maximum atomic E-state index is 13.7. The molecule has 39 heteroatoms. The summed E-state index contributed by atoms with van der Waals surface area (Å²) in [6.07, 6.45) is 9.53. The van der Waals surface area contributed by atoms with Crippen LogP contribution < -0.4 is 64.9 Å². The largest absolute Gasteiger partial charge is 0.508 e. The molecule has 3 aliphatic heterocycles. The molecule has 0 spiro atoms. The number of hydrogen-bond donors (Lipinski definition) is 15. The van der Waals surface area contributed by atoms with E-state index in [9.17, 15) is 90.0 Å². The van der Waals surface area contributed by atoms with Crippen molar-refractivity contribution in [3.8, 4) is 11.5 Å². The van der Waals surface area contributed by atoms with Gasteiger partial charge in [0.25, 0.3) is 0 Å². The monoisotopic (exact) mass is 1690 g/mol. The molecule has 4 aromatic rings. The second-order valence-corrected chi connectivity index (χ2v) is 32.4. The number of aromatic carboxylic acids is 1. The fourth-order valence-electron chi connectivity index (χ4n) is 13.7. The van der Waals surface area contributed by atoms with Gasteiger partial charge >= 0.3 is 24.0 Å². The van der Waals surface area contributed by atoms with E-state index in [-0.39, 0.29) is 140 Å². The zero-order valence-electron chi connectivity index (χ0n) is 65.0. The van der Waals surface area contributed by atoms with Crippen molar-refractivity contribution in [2.75, 3.05) is 51.2 Å². The lowest BCUT2D eigenvalue weighted by atomic mass is 9.74. The van der Waals surface area contributed by atoms with E-state index in [4.69, 9.17) is 44.6 Å². The van der Waals surface area contributed by atoms with Gasteiger partial charge in [-0.05, 0) is 169 Å². The Morgan fingerprint density at radius 3 is 1.57 bits per heavy atom. The third-order valence-electron chi connectivity index (χ3n) is 19.6. The number of alkyl carbamates (subject to hydrolysis) is 1. The van der Waals surface area contributed by atoms with Crippen molar-refractivity contribution in [2.45, 2.75) is 180 Å². The highest BCUT2D eigenvalue weighted by atomic mass is 32.2. The molecule has 8 atom stereocenters. The molecule has 36 nitrogen and oxygen atoms in total. The van der Waals surface area contributed by atoms with Gasteiger partial charge in [0, 0.05) is 100 Å². The van der Waals surface area contributed by atoms with Crippen molar-refractivity contribution in [3.05, 3.63) is 150 Å². The number of Topliss-reactive ketones (excluding diaryl/α,β-unsaturated/α-hetero) is 2. The second-order valence-electron chi connectivity index (χ2n) is 28.2. The summed E-state index contributed by atoms with van der Waals surface area (Å²) in [4.78, 5) is 148. The van der Waals surface area contributed by atoms with Gasteiger partial charge in [0.05, 0.1) is 27.4 Å². The van der Waals surface area contributed by atoms with E-state index in [0.717, 1.165) is 8.61 Å². The average molecular weight is 1690 g/mol. The third kappa shape index (κ3) is 28.6.